The summed E-state index contributed by atoms with van der Waals surface area (Å²) < 4.78 is 10.5. The quantitative estimate of drug-likeness (QED) is 0.432. The highest BCUT2D eigenvalue weighted by atomic mass is 16.6. The Balaban J connectivity index is 1.29. The molecule has 1 unspecified atom stereocenters. The summed E-state index contributed by atoms with van der Waals surface area (Å²) in [5, 5.41) is 17.5. The molecule has 1 heterocycles. The molecule has 0 aliphatic heterocycles. The van der Waals surface area contributed by atoms with E-state index in [1.807, 2.05) is 36.4 Å². The van der Waals surface area contributed by atoms with Crippen LogP contribution in [0.1, 0.15) is 47.3 Å². The summed E-state index contributed by atoms with van der Waals surface area (Å²) in [5.74, 6) is -1.51. The first-order valence-corrected chi connectivity index (χ1v) is 11.0. The van der Waals surface area contributed by atoms with Gasteiger partial charge in [-0.3, -0.25) is 14.9 Å². The van der Waals surface area contributed by atoms with Crippen molar-refractivity contribution in [1.29, 1.82) is 0 Å². The van der Waals surface area contributed by atoms with Gasteiger partial charge in [0.25, 0.3) is 5.91 Å². The van der Waals surface area contributed by atoms with Gasteiger partial charge in [-0.15, -0.1) is 0 Å². The highest BCUT2D eigenvalue weighted by Crippen LogP contribution is 2.44. The number of nitrogens with one attached hydrogen (secondary N) is 2. The summed E-state index contributed by atoms with van der Waals surface area (Å²) in [4.78, 5) is 35.2. The van der Waals surface area contributed by atoms with Gasteiger partial charge in [0.05, 0.1) is 0 Å². The third kappa shape index (κ3) is 5.25. The number of ether oxygens (including phenoxy) is 1. The summed E-state index contributed by atoms with van der Waals surface area (Å²) in [6.07, 6.45) is -0.165. The zero-order chi connectivity index (χ0) is 24.1. The molecule has 1 aliphatic carbocycles. The summed E-state index contributed by atoms with van der Waals surface area (Å²) in [6.45, 7) is 2.25. The molecular weight excluding hydrogens is 438 g/mol. The Labute approximate surface area is 196 Å². The van der Waals surface area contributed by atoms with Crippen LogP contribution in [-0.4, -0.2) is 41.4 Å². The number of carbonyl (C=O) groups is 3. The van der Waals surface area contributed by atoms with Crippen molar-refractivity contribution in [2.45, 2.75) is 25.7 Å². The molecule has 1 aromatic heterocycles. The molecule has 0 saturated heterocycles. The molecule has 2 aromatic carbocycles. The van der Waals surface area contributed by atoms with E-state index in [0.717, 1.165) is 22.3 Å². The van der Waals surface area contributed by atoms with E-state index in [1.54, 1.807) is 6.92 Å². The second-order valence-electron chi connectivity index (χ2n) is 8.27. The van der Waals surface area contributed by atoms with Crippen LogP contribution in [0, 0.1) is 5.92 Å². The molecule has 9 heteroatoms. The number of fused-ring (bicyclic) bond motifs is 3. The third-order valence-corrected chi connectivity index (χ3v) is 5.76. The molecule has 3 aromatic rings. The summed E-state index contributed by atoms with van der Waals surface area (Å²) >= 11 is 0. The number of aliphatic carboxylic acids is 1. The minimum Gasteiger partial charge on any atom is -0.481 e. The lowest BCUT2D eigenvalue weighted by Crippen LogP contribution is -2.26. The van der Waals surface area contributed by atoms with E-state index in [2.05, 4.69) is 27.9 Å². The van der Waals surface area contributed by atoms with Crippen molar-refractivity contribution in [3.05, 3.63) is 71.4 Å². The molecular formula is C25H25N3O6. The zero-order valence-corrected chi connectivity index (χ0v) is 18.6. The number of anilines is 1. The maximum Gasteiger partial charge on any atom is 0.414 e. The SMILES string of the molecule is CC(CCNC(=O)c1cc(NC(=O)OCC2c3ccccc3-c3ccccc32)on1)CC(=O)O. The molecule has 34 heavy (non-hydrogen) atoms. The lowest BCUT2D eigenvalue weighted by Gasteiger charge is -2.13. The van der Waals surface area contributed by atoms with Crippen LogP contribution in [0.3, 0.4) is 0 Å². The number of carboxylic acid groups (broad SMARTS) is 1. The smallest absolute Gasteiger partial charge is 0.414 e. The number of aromatic nitrogens is 1. The van der Waals surface area contributed by atoms with Gasteiger partial charge in [0.1, 0.15) is 6.61 Å². The third-order valence-electron chi connectivity index (χ3n) is 5.76. The molecule has 4 rings (SSSR count). The van der Waals surface area contributed by atoms with Crippen LogP contribution >= 0.6 is 0 Å². The Hall–Kier alpha value is -4.14. The lowest BCUT2D eigenvalue weighted by molar-refractivity contribution is -0.138. The predicted octanol–water partition coefficient (Wildman–Crippen LogP) is 4.27. The van der Waals surface area contributed by atoms with Gasteiger partial charge in [-0.25, -0.2) is 4.79 Å². The molecule has 1 atom stereocenters. The number of carbonyl (C=O) groups excluding carboxylic acids is 2. The van der Waals surface area contributed by atoms with Gasteiger partial charge < -0.3 is 19.7 Å². The van der Waals surface area contributed by atoms with Crippen molar-refractivity contribution >= 4 is 23.9 Å². The summed E-state index contributed by atoms with van der Waals surface area (Å²) in [5.41, 5.74) is 4.48. The number of benzene rings is 2. The predicted molar refractivity (Wildman–Crippen MR) is 124 cm³/mol. The number of rotatable bonds is 9. The van der Waals surface area contributed by atoms with E-state index >= 15 is 0 Å². The summed E-state index contributed by atoms with van der Waals surface area (Å²) in [6, 6.07) is 17.4. The van der Waals surface area contributed by atoms with Crippen LogP contribution in [0.2, 0.25) is 0 Å². The monoisotopic (exact) mass is 463 g/mol. The molecule has 0 bridgehead atoms. The van der Waals surface area contributed by atoms with E-state index in [0.29, 0.717) is 13.0 Å². The molecule has 0 saturated carbocycles. The van der Waals surface area contributed by atoms with Gasteiger partial charge in [0.15, 0.2) is 5.69 Å². The standard InChI is InChI=1S/C25H25N3O6/c1-15(12-23(29)30)10-11-26-24(31)21-13-22(34-28-21)27-25(32)33-14-20-18-8-4-2-6-16(18)17-7-3-5-9-19(17)20/h2-9,13,15,20H,10-12,14H2,1H3,(H,26,31)(H,27,32)(H,29,30). The van der Waals surface area contributed by atoms with E-state index in [4.69, 9.17) is 14.4 Å². The Bertz CT molecular complexity index is 1160. The fourth-order valence-corrected chi connectivity index (χ4v) is 4.10. The van der Waals surface area contributed by atoms with Crippen LogP contribution in [0.5, 0.6) is 0 Å². The Morgan fingerprint density at radius 2 is 1.74 bits per heavy atom. The van der Waals surface area contributed by atoms with Crippen molar-refractivity contribution in [1.82, 2.24) is 10.5 Å². The van der Waals surface area contributed by atoms with E-state index in [1.165, 1.54) is 6.07 Å². The molecule has 3 N–H and O–H groups in total. The van der Waals surface area contributed by atoms with E-state index < -0.39 is 18.0 Å². The van der Waals surface area contributed by atoms with Gasteiger partial charge >= 0.3 is 12.1 Å². The van der Waals surface area contributed by atoms with Crippen LogP contribution in [-0.2, 0) is 9.53 Å². The normalized spacial score (nSPS) is 13.0. The summed E-state index contributed by atoms with van der Waals surface area (Å²) in [7, 11) is 0. The average molecular weight is 463 g/mol. The Kier molecular flexibility index (Phi) is 6.91. The van der Waals surface area contributed by atoms with Gasteiger partial charge in [-0.05, 0) is 34.6 Å². The first-order chi connectivity index (χ1) is 16.4. The van der Waals surface area contributed by atoms with Crippen molar-refractivity contribution in [3.63, 3.8) is 0 Å². The first kappa shape index (κ1) is 23.0. The number of hydrogen-bond donors (Lipinski definition) is 3. The second-order valence-corrected chi connectivity index (χ2v) is 8.27. The van der Waals surface area contributed by atoms with E-state index in [-0.39, 0.29) is 36.4 Å². The lowest BCUT2D eigenvalue weighted by atomic mass is 9.98. The van der Waals surface area contributed by atoms with Crippen LogP contribution in [0.25, 0.3) is 11.1 Å². The number of carboxylic acids is 1. The average Bonchev–Trinajstić information content (AvgIpc) is 3.40. The Morgan fingerprint density at radius 1 is 1.09 bits per heavy atom. The maximum atomic E-state index is 12.3. The molecule has 1 aliphatic rings. The van der Waals surface area contributed by atoms with Gasteiger partial charge in [-0.1, -0.05) is 60.6 Å². The minimum atomic E-state index is -0.876. The minimum absolute atomic E-state index is 0.000153. The Morgan fingerprint density at radius 3 is 2.38 bits per heavy atom. The maximum absolute atomic E-state index is 12.3. The largest absolute Gasteiger partial charge is 0.481 e. The number of hydrogen-bond acceptors (Lipinski definition) is 6. The molecule has 0 radical (unpaired) electrons. The zero-order valence-electron chi connectivity index (χ0n) is 18.6. The van der Waals surface area contributed by atoms with Gasteiger partial charge in [-0.2, -0.15) is 0 Å². The fourth-order valence-electron chi connectivity index (χ4n) is 4.10. The van der Waals surface area contributed by atoms with Crippen molar-refractivity contribution in [2.75, 3.05) is 18.5 Å². The van der Waals surface area contributed by atoms with Gasteiger partial charge in [0, 0.05) is 24.9 Å². The molecule has 2 amide bonds. The highest BCUT2D eigenvalue weighted by Gasteiger charge is 2.29. The second kappa shape index (κ2) is 10.2. The molecule has 9 nitrogen and oxygen atoms in total. The van der Waals surface area contributed by atoms with Crippen molar-refractivity contribution in [2.24, 2.45) is 5.92 Å². The number of nitrogens with zero attached hydrogens (tertiary/aromatic N) is 1. The van der Waals surface area contributed by atoms with Crippen LogP contribution < -0.4 is 10.6 Å². The van der Waals surface area contributed by atoms with E-state index in [9.17, 15) is 14.4 Å². The molecule has 0 fully saturated rings. The van der Waals surface area contributed by atoms with Crippen LogP contribution in [0.15, 0.2) is 59.1 Å². The molecule has 176 valence electrons. The van der Waals surface area contributed by atoms with Crippen molar-refractivity contribution in [3.8, 4) is 11.1 Å². The van der Waals surface area contributed by atoms with Gasteiger partial charge in [0.2, 0.25) is 5.88 Å². The van der Waals surface area contributed by atoms with Crippen LogP contribution in [0.4, 0.5) is 10.7 Å². The topological polar surface area (TPSA) is 131 Å². The van der Waals surface area contributed by atoms with Crippen molar-refractivity contribution < 1.29 is 28.8 Å². The highest BCUT2D eigenvalue weighted by molar-refractivity contribution is 5.93. The first-order valence-electron chi connectivity index (χ1n) is 11.0. The fraction of sp³-hybridized carbons (Fsp3) is 0.280. The molecule has 0 spiro atoms. The number of amides is 2.